The van der Waals surface area contributed by atoms with Gasteiger partial charge in [0.1, 0.15) is 17.2 Å². The summed E-state index contributed by atoms with van der Waals surface area (Å²) in [6.45, 7) is 0. The zero-order valence-corrected chi connectivity index (χ0v) is 14.0. The van der Waals surface area contributed by atoms with Gasteiger partial charge in [-0.15, -0.1) is 0 Å². The lowest BCUT2D eigenvalue weighted by atomic mass is 9.88. The minimum Gasteiger partial charge on any atom is -0.364 e. The van der Waals surface area contributed by atoms with E-state index in [1.807, 2.05) is 0 Å². The lowest BCUT2D eigenvalue weighted by molar-refractivity contribution is 0.0996. The molecule has 1 aromatic carbocycles. The van der Waals surface area contributed by atoms with Gasteiger partial charge in [-0.3, -0.25) is 4.79 Å². The number of fused-ring (bicyclic) bond motifs is 1. The molecule has 7 nitrogen and oxygen atoms in total. The standard InChI is InChI=1S/C18H18FN5O2/c19-11-8-4-5-9-12(11)24-17-14(22-18(24)26)13(15(20)25)21-16(23-17)10-6-2-1-3-7-10/h4-5,8-10H,1-3,6-7H2,(H2,20,25)(H,22,26). The fourth-order valence-electron chi connectivity index (χ4n) is 3.58. The highest BCUT2D eigenvalue weighted by Crippen LogP contribution is 2.32. The molecule has 0 atom stereocenters. The Morgan fingerprint density at radius 3 is 2.62 bits per heavy atom. The summed E-state index contributed by atoms with van der Waals surface area (Å²) in [6, 6.07) is 5.91. The van der Waals surface area contributed by atoms with E-state index < -0.39 is 17.4 Å². The molecule has 134 valence electrons. The Hall–Kier alpha value is -3.03. The van der Waals surface area contributed by atoms with Crippen molar-refractivity contribution in [3.8, 4) is 5.69 Å². The van der Waals surface area contributed by atoms with Gasteiger partial charge in [0.15, 0.2) is 11.3 Å². The number of halogens is 1. The number of hydrogen-bond acceptors (Lipinski definition) is 4. The number of nitrogens with two attached hydrogens (primary N) is 1. The number of para-hydroxylation sites is 1. The number of primary amides is 1. The number of carbonyl (C=O) groups is 1. The molecule has 1 fully saturated rings. The van der Waals surface area contributed by atoms with Crippen molar-refractivity contribution in [2.75, 3.05) is 0 Å². The second-order valence-corrected chi connectivity index (χ2v) is 6.55. The highest BCUT2D eigenvalue weighted by Gasteiger charge is 2.25. The molecule has 1 aliphatic rings. The maximum atomic E-state index is 14.3. The molecule has 8 heteroatoms. The van der Waals surface area contributed by atoms with Crippen molar-refractivity contribution in [3.63, 3.8) is 0 Å². The van der Waals surface area contributed by atoms with E-state index in [2.05, 4.69) is 15.0 Å². The van der Waals surface area contributed by atoms with Crippen LogP contribution in [0.2, 0.25) is 0 Å². The molecule has 0 saturated heterocycles. The van der Waals surface area contributed by atoms with Gasteiger partial charge in [0.05, 0.1) is 5.69 Å². The number of aromatic amines is 1. The number of imidazole rings is 1. The number of aromatic nitrogens is 4. The van der Waals surface area contributed by atoms with Crippen LogP contribution in [0.25, 0.3) is 16.9 Å². The van der Waals surface area contributed by atoms with Gasteiger partial charge < -0.3 is 10.7 Å². The topological polar surface area (TPSA) is 107 Å². The van der Waals surface area contributed by atoms with Crippen LogP contribution in [-0.2, 0) is 0 Å². The van der Waals surface area contributed by atoms with E-state index in [1.165, 1.54) is 18.2 Å². The first-order chi connectivity index (χ1) is 12.6. The monoisotopic (exact) mass is 355 g/mol. The molecule has 2 heterocycles. The van der Waals surface area contributed by atoms with Gasteiger partial charge in [0.25, 0.3) is 5.91 Å². The summed E-state index contributed by atoms with van der Waals surface area (Å²) < 4.78 is 15.4. The summed E-state index contributed by atoms with van der Waals surface area (Å²) in [5.74, 6) is -0.731. The Balaban J connectivity index is 2.00. The Morgan fingerprint density at radius 2 is 1.92 bits per heavy atom. The van der Waals surface area contributed by atoms with Gasteiger partial charge in [-0.25, -0.2) is 23.7 Å². The number of nitrogens with zero attached hydrogens (tertiary/aromatic N) is 3. The number of carbonyl (C=O) groups excluding carboxylic acids is 1. The van der Waals surface area contributed by atoms with Gasteiger partial charge in [-0.1, -0.05) is 31.4 Å². The molecule has 26 heavy (non-hydrogen) atoms. The third-order valence-electron chi connectivity index (χ3n) is 4.85. The molecule has 2 aromatic heterocycles. The molecule has 1 aliphatic carbocycles. The van der Waals surface area contributed by atoms with E-state index in [1.54, 1.807) is 6.07 Å². The van der Waals surface area contributed by atoms with Crippen LogP contribution in [-0.4, -0.2) is 25.4 Å². The molecule has 1 saturated carbocycles. The molecule has 0 aliphatic heterocycles. The average Bonchev–Trinajstić information content (AvgIpc) is 2.97. The Bertz CT molecular complexity index is 1050. The first-order valence-electron chi connectivity index (χ1n) is 8.63. The summed E-state index contributed by atoms with van der Waals surface area (Å²) in [7, 11) is 0. The van der Waals surface area contributed by atoms with Gasteiger partial charge in [0, 0.05) is 5.92 Å². The van der Waals surface area contributed by atoms with Crippen LogP contribution in [0.1, 0.15) is 54.3 Å². The van der Waals surface area contributed by atoms with Crippen molar-refractivity contribution in [2.24, 2.45) is 5.73 Å². The summed E-state index contributed by atoms with van der Waals surface area (Å²) in [4.78, 5) is 35.8. The molecule has 0 spiro atoms. The zero-order valence-electron chi connectivity index (χ0n) is 14.0. The van der Waals surface area contributed by atoms with Gasteiger partial charge >= 0.3 is 5.69 Å². The molecule has 0 radical (unpaired) electrons. The van der Waals surface area contributed by atoms with Crippen LogP contribution in [0.5, 0.6) is 0 Å². The largest absolute Gasteiger partial charge is 0.364 e. The summed E-state index contributed by atoms with van der Waals surface area (Å²) >= 11 is 0. The van der Waals surface area contributed by atoms with E-state index in [-0.39, 0.29) is 28.5 Å². The molecule has 4 rings (SSSR count). The smallest absolute Gasteiger partial charge is 0.332 e. The summed E-state index contributed by atoms with van der Waals surface area (Å²) in [5.41, 5.74) is 5.20. The van der Waals surface area contributed by atoms with Crippen LogP contribution in [0.15, 0.2) is 29.1 Å². The summed E-state index contributed by atoms with van der Waals surface area (Å²) in [6.07, 6.45) is 5.11. The minimum absolute atomic E-state index is 0.0391. The lowest BCUT2D eigenvalue weighted by Gasteiger charge is -2.20. The predicted molar refractivity (Wildman–Crippen MR) is 93.8 cm³/mol. The van der Waals surface area contributed by atoms with Gasteiger partial charge in [0.2, 0.25) is 0 Å². The van der Waals surface area contributed by atoms with Crippen LogP contribution in [0.4, 0.5) is 4.39 Å². The van der Waals surface area contributed by atoms with Gasteiger partial charge in [-0.05, 0) is 25.0 Å². The number of rotatable bonds is 3. The predicted octanol–water partition coefficient (Wildman–Crippen LogP) is 2.39. The van der Waals surface area contributed by atoms with Crippen molar-refractivity contribution in [3.05, 3.63) is 52.1 Å². The van der Waals surface area contributed by atoms with Crippen molar-refractivity contribution in [1.29, 1.82) is 0 Å². The third-order valence-corrected chi connectivity index (χ3v) is 4.85. The Labute approximate surface area is 148 Å². The van der Waals surface area contributed by atoms with E-state index in [4.69, 9.17) is 5.73 Å². The minimum atomic E-state index is -0.753. The number of amides is 1. The lowest BCUT2D eigenvalue weighted by Crippen LogP contribution is -2.18. The van der Waals surface area contributed by atoms with Crippen LogP contribution in [0.3, 0.4) is 0 Å². The van der Waals surface area contributed by atoms with E-state index >= 15 is 0 Å². The van der Waals surface area contributed by atoms with Crippen molar-refractivity contribution in [1.82, 2.24) is 19.5 Å². The number of benzene rings is 1. The molecule has 3 N–H and O–H groups in total. The quantitative estimate of drug-likeness (QED) is 0.752. The SMILES string of the molecule is NC(=O)c1nc(C2CCCCC2)nc2c1[nH]c(=O)n2-c1ccccc1F. The summed E-state index contributed by atoms with van der Waals surface area (Å²) in [5, 5.41) is 0. The fourth-order valence-corrected chi connectivity index (χ4v) is 3.58. The Morgan fingerprint density at radius 1 is 1.19 bits per heavy atom. The third kappa shape index (κ3) is 2.67. The zero-order chi connectivity index (χ0) is 18.3. The second-order valence-electron chi connectivity index (χ2n) is 6.55. The fraction of sp³-hybridized carbons (Fsp3) is 0.333. The van der Waals surface area contributed by atoms with E-state index in [0.717, 1.165) is 36.7 Å². The van der Waals surface area contributed by atoms with E-state index in [9.17, 15) is 14.0 Å². The highest BCUT2D eigenvalue weighted by atomic mass is 19.1. The molecular weight excluding hydrogens is 337 g/mol. The molecule has 0 bridgehead atoms. The maximum absolute atomic E-state index is 14.3. The van der Waals surface area contributed by atoms with Gasteiger partial charge in [-0.2, -0.15) is 0 Å². The first-order valence-corrected chi connectivity index (χ1v) is 8.63. The normalized spacial score (nSPS) is 15.4. The average molecular weight is 355 g/mol. The molecule has 0 unspecified atom stereocenters. The molecular formula is C18H18FN5O2. The maximum Gasteiger partial charge on any atom is 0.332 e. The number of hydrogen-bond donors (Lipinski definition) is 2. The molecule has 1 amide bonds. The van der Waals surface area contributed by atoms with E-state index in [0.29, 0.717) is 5.82 Å². The molecule has 3 aromatic rings. The van der Waals surface area contributed by atoms with Crippen molar-refractivity contribution < 1.29 is 9.18 Å². The highest BCUT2D eigenvalue weighted by molar-refractivity contribution is 6.01. The van der Waals surface area contributed by atoms with Crippen molar-refractivity contribution in [2.45, 2.75) is 38.0 Å². The second kappa shape index (κ2) is 6.36. The van der Waals surface area contributed by atoms with Crippen LogP contribution < -0.4 is 11.4 Å². The van der Waals surface area contributed by atoms with Crippen molar-refractivity contribution >= 4 is 17.1 Å². The number of H-pyrrole nitrogens is 1. The van der Waals surface area contributed by atoms with Crippen LogP contribution in [0, 0.1) is 5.82 Å². The first kappa shape index (κ1) is 16.4. The number of nitrogens with one attached hydrogen (secondary N) is 1. The Kier molecular flexibility index (Phi) is 4.02. The van der Waals surface area contributed by atoms with Crippen LogP contribution >= 0.6 is 0 Å².